The number of rotatable bonds is 5. The van der Waals surface area contributed by atoms with Gasteiger partial charge in [-0.3, -0.25) is 4.79 Å². The summed E-state index contributed by atoms with van der Waals surface area (Å²) in [5.74, 6) is 0.646. The van der Waals surface area contributed by atoms with Crippen LogP contribution in [0.15, 0.2) is 12.1 Å². The van der Waals surface area contributed by atoms with E-state index in [9.17, 15) is 4.79 Å². The van der Waals surface area contributed by atoms with Crippen LogP contribution in [-0.2, 0) is 6.54 Å². The first-order valence-electron chi connectivity index (χ1n) is 5.61. The van der Waals surface area contributed by atoms with E-state index in [-0.39, 0.29) is 5.91 Å². The van der Waals surface area contributed by atoms with Gasteiger partial charge < -0.3 is 15.2 Å². The molecule has 0 spiro atoms. The molecule has 1 aromatic rings. The van der Waals surface area contributed by atoms with E-state index in [0.717, 1.165) is 18.8 Å². The summed E-state index contributed by atoms with van der Waals surface area (Å²) in [5.41, 5.74) is 1.69. The summed E-state index contributed by atoms with van der Waals surface area (Å²) in [6.07, 6.45) is 0. The van der Waals surface area contributed by atoms with E-state index in [1.54, 1.807) is 19.0 Å². The van der Waals surface area contributed by atoms with Gasteiger partial charge in [0.15, 0.2) is 0 Å². The largest absolute Gasteiger partial charge is 0.353 e. The first-order valence-corrected chi connectivity index (χ1v) is 5.61. The van der Waals surface area contributed by atoms with Crippen molar-refractivity contribution in [3.05, 3.63) is 23.5 Å². The van der Waals surface area contributed by atoms with Gasteiger partial charge in [-0.2, -0.15) is 0 Å². The maximum atomic E-state index is 11.6. The van der Waals surface area contributed by atoms with Crippen molar-refractivity contribution in [1.29, 1.82) is 0 Å². The Labute approximate surface area is 97.0 Å². The lowest BCUT2D eigenvalue weighted by atomic mass is 10.2. The van der Waals surface area contributed by atoms with Gasteiger partial charge in [0.2, 0.25) is 0 Å². The van der Waals surface area contributed by atoms with Crippen molar-refractivity contribution in [3.8, 4) is 0 Å². The first kappa shape index (κ1) is 12.8. The molecule has 0 bridgehead atoms. The molecule has 0 fully saturated rings. The Hall–Kier alpha value is -1.29. The van der Waals surface area contributed by atoms with E-state index in [4.69, 9.17) is 0 Å². The zero-order valence-electron chi connectivity index (χ0n) is 10.5. The molecule has 0 saturated heterocycles. The summed E-state index contributed by atoms with van der Waals surface area (Å²) in [7, 11) is 3.50. The molecule has 0 aliphatic heterocycles. The molecule has 1 amide bonds. The monoisotopic (exact) mass is 223 g/mol. The van der Waals surface area contributed by atoms with Crippen molar-refractivity contribution >= 4 is 5.91 Å². The van der Waals surface area contributed by atoms with E-state index in [2.05, 4.69) is 24.1 Å². The van der Waals surface area contributed by atoms with Crippen LogP contribution in [0.4, 0.5) is 0 Å². The van der Waals surface area contributed by atoms with Gasteiger partial charge in [0.25, 0.3) is 5.91 Å². The quantitative estimate of drug-likeness (QED) is 0.794. The van der Waals surface area contributed by atoms with Crippen LogP contribution < -0.4 is 5.32 Å². The summed E-state index contributed by atoms with van der Waals surface area (Å²) >= 11 is 0. The molecule has 0 saturated carbocycles. The molecule has 2 N–H and O–H groups in total. The molecule has 90 valence electrons. The fourth-order valence-electron chi connectivity index (χ4n) is 1.40. The predicted molar refractivity (Wildman–Crippen MR) is 65.4 cm³/mol. The number of nitrogens with zero attached hydrogens (tertiary/aromatic N) is 1. The lowest BCUT2D eigenvalue weighted by Crippen LogP contribution is -2.22. The number of hydrogen-bond acceptors (Lipinski definition) is 2. The Bertz CT molecular complexity index is 342. The molecule has 0 aromatic carbocycles. The van der Waals surface area contributed by atoms with E-state index in [1.165, 1.54) is 0 Å². The maximum Gasteiger partial charge on any atom is 0.269 e. The minimum atomic E-state index is 0.00936. The van der Waals surface area contributed by atoms with Gasteiger partial charge in [-0.1, -0.05) is 13.8 Å². The van der Waals surface area contributed by atoms with Gasteiger partial charge in [0, 0.05) is 26.3 Å². The van der Waals surface area contributed by atoms with Crippen molar-refractivity contribution in [1.82, 2.24) is 15.2 Å². The molecule has 4 nitrogen and oxygen atoms in total. The second kappa shape index (κ2) is 5.70. The molecule has 1 heterocycles. The molecule has 16 heavy (non-hydrogen) atoms. The second-order valence-electron chi connectivity index (χ2n) is 4.62. The highest BCUT2D eigenvalue weighted by molar-refractivity contribution is 5.92. The number of carbonyl (C=O) groups excluding carboxylic acids is 1. The van der Waals surface area contributed by atoms with Crippen molar-refractivity contribution < 1.29 is 4.79 Å². The van der Waals surface area contributed by atoms with Gasteiger partial charge in [-0.15, -0.1) is 0 Å². The molecule has 0 aliphatic rings. The molecule has 1 aromatic heterocycles. The summed E-state index contributed by atoms with van der Waals surface area (Å²) in [5, 5.41) is 3.33. The van der Waals surface area contributed by atoms with E-state index < -0.39 is 0 Å². The SMILES string of the molecule is CC(C)CNCc1ccc(C(=O)N(C)C)[nH]1. The number of carbonyl (C=O) groups is 1. The number of amides is 1. The van der Waals surface area contributed by atoms with Gasteiger partial charge in [-0.05, 0) is 24.6 Å². The Morgan fingerprint density at radius 1 is 1.44 bits per heavy atom. The summed E-state index contributed by atoms with van der Waals surface area (Å²) < 4.78 is 0. The van der Waals surface area contributed by atoms with Crippen molar-refractivity contribution in [2.24, 2.45) is 5.92 Å². The van der Waals surface area contributed by atoms with Crippen LogP contribution in [0.25, 0.3) is 0 Å². The predicted octanol–water partition coefficient (Wildman–Crippen LogP) is 1.46. The van der Waals surface area contributed by atoms with Gasteiger partial charge in [-0.25, -0.2) is 0 Å². The smallest absolute Gasteiger partial charge is 0.269 e. The zero-order valence-corrected chi connectivity index (χ0v) is 10.5. The average Bonchev–Trinajstić information content (AvgIpc) is 2.64. The normalized spacial score (nSPS) is 10.8. The molecule has 0 aliphatic carbocycles. The maximum absolute atomic E-state index is 11.6. The molecular formula is C12H21N3O. The van der Waals surface area contributed by atoms with E-state index >= 15 is 0 Å². The van der Waals surface area contributed by atoms with Crippen LogP contribution in [0.2, 0.25) is 0 Å². The van der Waals surface area contributed by atoms with Crippen LogP contribution in [-0.4, -0.2) is 36.4 Å². The highest BCUT2D eigenvalue weighted by Gasteiger charge is 2.09. The number of H-pyrrole nitrogens is 1. The molecule has 1 rings (SSSR count). The van der Waals surface area contributed by atoms with Gasteiger partial charge in [0.1, 0.15) is 5.69 Å². The Balaban J connectivity index is 2.48. The first-order chi connectivity index (χ1) is 7.50. The fourth-order valence-corrected chi connectivity index (χ4v) is 1.40. The Morgan fingerprint density at radius 2 is 2.12 bits per heavy atom. The zero-order chi connectivity index (χ0) is 12.1. The third-order valence-electron chi connectivity index (χ3n) is 2.25. The van der Waals surface area contributed by atoms with Crippen LogP contribution in [0.3, 0.4) is 0 Å². The van der Waals surface area contributed by atoms with E-state index in [0.29, 0.717) is 11.6 Å². The molecular weight excluding hydrogens is 202 g/mol. The van der Waals surface area contributed by atoms with Crippen molar-refractivity contribution in [2.75, 3.05) is 20.6 Å². The number of aromatic amines is 1. The minimum absolute atomic E-state index is 0.00936. The topological polar surface area (TPSA) is 48.1 Å². The molecule has 0 radical (unpaired) electrons. The van der Waals surface area contributed by atoms with Gasteiger partial charge >= 0.3 is 0 Å². The third-order valence-corrected chi connectivity index (χ3v) is 2.25. The minimum Gasteiger partial charge on any atom is -0.353 e. The van der Waals surface area contributed by atoms with Gasteiger partial charge in [0.05, 0.1) is 0 Å². The third kappa shape index (κ3) is 3.70. The van der Waals surface area contributed by atoms with Crippen molar-refractivity contribution in [2.45, 2.75) is 20.4 Å². The molecule has 0 unspecified atom stereocenters. The number of aromatic nitrogens is 1. The summed E-state index contributed by atoms with van der Waals surface area (Å²) in [4.78, 5) is 16.3. The molecule has 0 atom stereocenters. The lowest BCUT2D eigenvalue weighted by molar-refractivity contribution is 0.0822. The Morgan fingerprint density at radius 3 is 2.69 bits per heavy atom. The highest BCUT2D eigenvalue weighted by atomic mass is 16.2. The number of hydrogen-bond donors (Lipinski definition) is 2. The molecule has 4 heteroatoms. The second-order valence-corrected chi connectivity index (χ2v) is 4.62. The fraction of sp³-hybridized carbons (Fsp3) is 0.583. The van der Waals surface area contributed by atoms with Crippen LogP contribution in [0.1, 0.15) is 30.0 Å². The van der Waals surface area contributed by atoms with Crippen LogP contribution in [0, 0.1) is 5.92 Å². The number of nitrogens with one attached hydrogen (secondary N) is 2. The van der Waals surface area contributed by atoms with Crippen LogP contribution >= 0.6 is 0 Å². The van der Waals surface area contributed by atoms with E-state index in [1.807, 2.05) is 12.1 Å². The lowest BCUT2D eigenvalue weighted by Gasteiger charge is -2.08. The summed E-state index contributed by atoms with van der Waals surface area (Å²) in [6.45, 7) is 6.10. The highest BCUT2D eigenvalue weighted by Crippen LogP contribution is 2.04. The van der Waals surface area contributed by atoms with Crippen LogP contribution in [0.5, 0.6) is 0 Å². The standard InChI is InChI=1S/C12H21N3O/c1-9(2)7-13-8-10-5-6-11(14-10)12(16)15(3)4/h5-6,9,13-14H,7-8H2,1-4H3. The Kier molecular flexibility index (Phi) is 4.55. The van der Waals surface area contributed by atoms with Crippen molar-refractivity contribution in [3.63, 3.8) is 0 Å². The summed E-state index contributed by atoms with van der Waals surface area (Å²) in [6, 6.07) is 3.78. The average molecular weight is 223 g/mol.